The largest absolute Gasteiger partial charge is 0.497 e. The van der Waals surface area contributed by atoms with Crippen molar-refractivity contribution in [3.05, 3.63) is 29.8 Å². The molecule has 138 valence electrons. The van der Waals surface area contributed by atoms with Gasteiger partial charge < -0.3 is 10.1 Å². The van der Waals surface area contributed by atoms with E-state index in [0.29, 0.717) is 6.54 Å². The van der Waals surface area contributed by atoms with E-state index in [1.807, 2.05) is 36.2 Å². The summed E-state index contributed by atoms with van der Waals surface area (Å²) in [6.45, 7) is 2.41. The molecule has 0 aromatic heterocycles. The maximum Gasteiger partial charge on any atom is 0.321 e. The number of likely N-dealkylation sites (N-methyl/N-ethyl adjacent to an activating group) is 1. The number of hydrogen-bond donors (Lipinski definition) is 2. The van der Waals surface area contributed by atoms with E-state index in [4.69, 9.17) is 4.74 Å². The second-order valence-corrected chi connectivity index (χ2v) is 6.74. The van der Waals surface area contributed by atoms with Crippen LogP contribution in [-0.4, -0.2) is 43.1 Å². The van der Waals surface area contributed by atoms with Gasteiger partial charge in [-0.25, -0.2) is 4.79 Å². The van der Waals surface area contributed by atoms with Crippen molar-refractivity contribution in [2.75, 3.05) is 14.2 Å². The minimum atomic E-state index is -0.404. The summed E-state index contributed by atoms with van der Waals surface area (Å²) in [5.74, 6) is 0.515. The van der Waals surface area contributed by atoms with Gasteiger partial charge in [0.25, 0.3) is 0 Å². The molecule has 1 aliphatic rings. The van der Waals surface area contributed by atoms with Gasteiger partial charge in [0.05, 0.1) is 13.2 Å². The van der Waals surface area contributed by atoms with Crippen LogP contribution in [0, 0.1) is 0 Å². The Balaban J connectivity index is 1.79. The Bertz CT molecular complexity index is 568. The quantitative estimate of drug-likeness (QED) is 0.830. The van der Waals surface area contributed by atoms with E-state index in [9.17, 15) is 9.59 Å². The molecule has 1 fully saturated rings. The molecule has 6 nitrogen and oxygen atoms in total. The van der Waals surface area contributed by atoms with Crippen LogP contribution in [0.1, 0.15) is 44.6 Å². The zero-order valence-electron chi connectivity index (χ0n) is 15.4. The van der Waals surface area contributed by atoms with Crippen molar-refractivity contribution >= 4 is 11.9 Å². The second-order valence-electron chi connectivity index (χ2n) is 6.74. The molecule has 25 heavy (non-hydrogen) atoms. The van der Waals surface area contributed by atoms with E-state index in [1.54, 1.807) is 14.0 Å². The van der Waals surface area contributed by atoms with Gasteiger partial charge in [0.15, 0.2) is 0 Å². The first kappa shape index (κ1) is 19.2. The van der Waals surface area contributed by atoms with Crippen LogP contribution < -0.4 is 15.4 Å². The number of methoxy groups -OCH3 is 1. The normalized spacial score (nSPS) is 16.3. The lowest BCUT2D eigenvalue weighted by molar-refractivity contribution is -0.124. The van der Waals surface area contributed by atoms with Gasteiger partial charge in [0.1, 0.15) is 5.75 Å². The molecule has 0 radical (unpaired) electrons. The Hall–Kier alpha value is -2.08. The van der Waals surface area contributed by atoms with Crippen molar-refractivity contribution in [3.63, 3.8) is 0 Å². The van der Waals surface area contributed by atoms with Gasteiger partial charge in [-0.15, -0.1) is 0 Å². The number of benzene rings is 1. The van der Waals surface area contributed by atoms with E-state index >= 15 is 0 Å². The summed E-state index contributed by atoms with van der Waals surface area (Å²) in [5, 5.41) is 5.36. The molecular formula is C19H29N3O3. The van der Waals surface area contributed by atoms with Crippen molar-refractivity contribution in [2.24, 2.45) is 0 Å². The molecule has 1 atom stereocenters. The molecule has 1 saturated carbocycles. The summed E-state index contributed by atoms with van der Waals surface area (Å²) in [6.07, 6.45) is 5.49. The van der Waals surface area contributed by atoms with Gasteiger partial charge in [-0.1, -0.05) is 31.4 Å². The van der Waals surface area contributed by atoms with Crippen LogP contribution in [0.4, 0.5) is 4.79 Å². The van der Waals surface area contributed by atoms with Crippen molar-refractivity contribution < 1.29 is 14.3 Å². The molecule has 3 amide bonds. The molecule has 0 heterocycles. The van der Waals surface area contributed by atoms with Crippen LogP contribution in [-0.2, 0) is 11.3 Å². The number of nitrogens with zero attached hydrogens (tertiary/aromatic N) is 1. The van der Waals surface area contributed by atoms with E-state index in [1.165, 1.54) is 6.42 Å². The Labute approximate surface area is 149 Å². The average molecular weight is 347 g/mol. The minimum absolute atomic E-state index is 0.189. The number of amides is 3. The van der Waals surface area contributed by atoms with Crippen LogP contribution in [0.3, 0.4) is 0 Å². The van der Waals surface area contributed by atoms with Crippen molar-refractivity contribution in [2.45, 2.75) is 57.7 Å². The number of imide groups is 1. The Morgan fingerprint density at radius 3 is 2.44 bits per heavy atom. The molecule has 0 aliphatic heterocycles. The number of carbonyl (C=O) groups is 2. The molecule has 0 unspecified atom stereocenters. The average Bonchev–Trinajstić information content (AvgIpc) is 2.62. The molecular weight excluding hydrogens is 318 g/mol. The fraction of sp³-hybridized carbons (Fsp3) is 0.579. The number of carbonyl (C=O) groups excluding carboxylic acids is 2. The first-order chi connectivity index (χ1) is 12.0. The second kappa shape index (κ2) is 9.42. The molecule has 1 aromatic carbocycles. The molecule has 6 heteroatoms. The van der Waals surface area contributed by atoms with Crippen LogP contribution in [0.2, 0.25) is 0 Å². The number of nitrogens with one attached hydrogen (secondary N) is 2. The smallest absolute Gasteiger partial charge is 0.321 e. The molecule has 1 aliphatic carbocycles. The van der Waals surface area contributed by atoms with E-state index in [-0.39, 0.29) is 18.0 Å². The van der Waals surface area contributed by atoms with E-state index in [0.717, 1.165) is 37.0 Å². The topological polar surface area (TPSA) is 70.7 Å². The summed E-state index contributed by atoms with van der Waals surface area (Å²) >= 11 is 0. The van der Waals surface area contributed by atoms with Crippen molar-refractivity contribution in [1.29, 1.82) is 0 Å². The lowest BCUT2D eigenvalue weighted by Crippen LogP contribution is -2.50. The van der Waals surface area contributed by atoms with Gasteiger partial charge in [0.2, 0.25) is 5.91 Å². The third kappa shape index (κ3) is 6.05. The molecule has 2 rings (SSSR count). The first-order valence-corrected chi connectivity index (χ1v) is 8.94. The predicted molar refractivity (Wildman–Crippen MR) is 97.5 cm³/mol. The molecule has 1 aromatic rings. The Morgan fingerprint density at radius 1 is 1.20 bits per heavy atom. The lowest BCUT2D eigenvalue weighted by atomic mass is 9.96. The minimum Gasteiger partial charge on any atom is -0.497 e. The maximum atomic E-state index is 12.3. The fourth-order valence-corrected chi connectivity index (χ4v) is 3.04. The van der Waals surface area contributed by atoms with Gasteiger partial charge in [-0.3, -0.25) is 15.0 Å². The Kier molecular flexibility index (Phi) is 7.25. The van der Waals surface area contributed by atoms with Crippen LogP contribution in [0.5, 0.6) is 5.75 Å². The summed E-state index contributed by atoms with van der Waals surface area (Å²) in [7, 11) is 3.50. The number of rotatable bonds is 6. The molecule has 2 N–H and O–H groups in total. The fourth-order valence-electron chi connectivity index (χ4n) is 3.04. The third-order valence-electron chi connectivity index (χ3n) is 4.81. The van der Waals surface area contributed by atoms with E-state index in [2.05, 4.69) is 10.6 Å². The summed E-state index contributed by atoms with van der Waals surface area (Å²) < 4.78 is 5.14. The zero-order chi connectivity index (χ0) is 18.2. The van der Waals surface area contributed by atoms with Gasteiger partial charge >= 0.3 is 6.03 Å². The molecule has 0 saturated heterocycles. The van der Waals surface area contributed by atoms with Gasteiger partial charge in [-0.2, -0.15) is 0 Å². The van der Waals surface area contributed by atoms with Crippen LogP contribution in [0.25, 0.3) is 0 Å². The lowest BCUT2D eigenvalue weighted by Gasteiger charge is -2.25. The summed E-state index contributed by atoms with van der Waals surface area (Å²) in [5.41, 5.74) is 1.08. The predicted octanol–water partition coefficient (Wildman–Crippen LogP) is 2.67. The first-order valence-electron chi connectivity index (χ1n) is 8.94. The highest BCUT2D eigenvalue weighted by Crippen LogP contribution is 2.17. The third-order valence-corrected chi connectivity index (χ3v) is 4.81. The van der Waals surface area contributed by atoms with Crippen LogP contribution >= 0.6 is 0 Å². The highest BCUT2D eigenvalue weighted by atomic mass is 16.5. The molecule has 0 spiro atoms. The Morgan fingerprint density at radius 2 is 1.84 bits per heavy atom. The van der Waals surface area contributed by atoms with Crippen molar-refractivity contribution in [1.82, 2.24) is 15.5 Å². The van der Waals surface area contributed by atoms with Gasteiger partial charge in [0, 0.05) is 12.6 Å². The summed E-state index contributed by atoms with van der Waals surface area (Å²) in [6, 6.07) is 7.12. The standard InChI is InChI=1S/C19H29N3O3/c1-14(22(2)13-15-9-11-17(25-3)12-10-15)18(23)21-19(24)20-16-7-5-4-6-8-16/h9-12,14,16H,4-8,13H2,1-3H3,(H2,20,21,23,24)/t14-/m0/s1. The highest BCUT2D eigenvalue weighted by molar-refractivity contribution is 5.96. The number of ether oxygens (including phenoxy) is 1. The van der Waals surface area contributed by atoms with Crippen molar-refractivity contribution in [3.8, 4) is 5.75 Å². The monoisotopic (exact) mass is 347 g/mol. The maximum absolute atomic E-state index is 12.3. The van der Waals surface area contributed by atoms with Gasteiger partial charge in [-0.05, 0) is 44.5 Å². The van der Waals surface area contributed by atoms with E-state index < -0.39 is 6.04 Å². The molecule has 0 bridgehead atoms. The SMILES string of the molecule is COc1ccc(CN(C)[C@@H](C)C(=O)NC(=O)NC2CCCCC2)cc1. The highest BCUT2D eigenvalue weighted by Gasteiger charge is 2.22. The number of urea groups is 1. The van der Waals surface area contributed by atoms with Crippen LogP contribution in [0.15, 0.2) is 24.3 Å². The summed E-state index contributed by atoms with van der Waals surface area (Å²) in [4.78, 5) is 26.2. The zero-order valence-corrected chi connectivity index (χ0v) is 15.4. The number of hydrogen-bond acceptors (Lipinski definition) is 4.